The molecule has 0 unspecified atom stereocenters. The number of rotatable bonds is 7. The quantitative estimate of drug-likeness (QED) is 0.619. The molecular formula is C19H22F3N5S. The number of halogens is 3. The molecule has 150 valence electrons. The van der Waals surface area contributed by atoms with Crippen molar-refractivity contribution in [3.63, 3.8) is 0 Å². The van der Waals surface area contributed by atoms with Crippen LogP contribution in [0.3, 0.4) is 0 Å². The van der Waals surface area contributed by atoms with Gasteiger partial charge in [0.25, 0.3) is 0 Å². The van der Waals surface area contributed by atoms with Crippen LogP contribution in [0.1, 0.15) is 55.6 Å². The van der Waals surface area contributed by atoms with Crippen LogP contribution >= 0.6 is 12.2 Å². The molecule has 1 aromatic carbocycles. The lowest BCUT2D eigenvalue weighted by Gasteiger charge is -2.23. The molecule has 0 saturated heterocycles. The summed E-state index contributed by atoms with van der Waals surface area (Å²) < 4.78 is 43.4. The Bertz CT molecular complexity index is 917. The Morgan fingerprint density at radius 2 is 1.93 bits per heavy atom. The van der Waals surface area contributed by atoms with Crippen molar-refractivity contribution in [1.82, 2.24) is 19.2 Å². The van der Waals surface area contributed by atoms with Gasteiger partial charge in [-0.05, 0) is 42.8 Å². The summed E-state index contributed by atoms with van der Waals surface area (Å²) in [6, 6.07) is 8.86. The van der Waals surface area contributed by atoms with Crippen molar-refractivity contribution in [2.45, 2.75) is 58.0 Å². The van der Waals surface area contributed by atoms with Gasteiger partial charge >= 0.3 is 6.18 Å². The van der Waals surface area contributed by atoms with Crippen molar-refractivity contribution in [2.75, 3.05) is 6.54 Å². The third kappa shape index (κ3) is 5.00. The van der Waals surface area contributed by atoms with Crippen LogP contribution in [-0.4, -0.2) is 32.0 Å². The van der Waals surface area contributed by atoms with Crippen LogP contribution in [0.15, 0.2) is 24.3 Å². The lowest BCUT2D eigenvalue weighted by atomic mass is 10.1. The Morgan fingerprint density at radius 1 is 1.29 bits per heavy atom. The summed E-state index contributed by atoms with van der Waals surface area (Å²) in [6.07, 6.45) is -2.29. The highest BCUT2D eigenvalue weighted by Crippen LogP contribution is 2.37. The minimum absolute atomic E-state index is 0.0439. The maximum Gasteiger partial charge on any atom is 0.401 e. The summed E-state index contributed by atoms with van der Waals surface area (Å²) in [5, 5.41) is 13.4. The molecule has 5 nitrogen and oxygen atoms in total. The largest absolute Gasteiger partial charge is 0.401 e. The SMILES string of the molecule is CC(C)c1nn(CN(Cc2ccc(C#N)cc2)CC(F)(F)F)c(=S)n1C1CC1. The average molecular weight is 409 g/mol. The molecule has 0 amide bonds. The van der Waals surface area contributed by atoms with Crippen molar-refractivity contribution >= 4 is 12.2 Å². The first-order chi connectivity index (χ1) is 13.2. The molecule has 1 saturated carbocycles. The predicted octanol–water partition coefficient (Wildman–Crippen LogP) is 4.77. The van der Waals surface area contributed by atoms with Gasteiger partial charge in [-0.2, -0.15) is 23.5 Å². The lowest BCUT2D eigenvalue weighted by Crippen LogP contribution is -2.35. The van der Waals surface area contributed by atoms with Gasteiger partial charge in [0.2, 0.25) is 0 Å². The molecule has 1 fully saturated rings. The van der Waals surface area contributed by atoms with Crippen LogP contribution in [0.5, 0.6) is 0 Å². The van der Waals surface area contributed by atoms with E-state index in [0.29, 0.717) is 21.9 Å². The fraction of sp³-hybridized carbons (Fsp3) is 0.526. The fourth-order valence-corrected chi connectivity index (χ4v) is 3.48. The number of nitrogens with zero attached hydrogens (tertiary/aromatic N) is 5. The van der Waals surface area contributed by atoms with Gasteiger partial charge in [-0.1, -0.05) is 26.0 Å². The molecule has 1 aliphatic rings. The fourth-order valence-electron chi connectivity index (χ4n) is 3.14. The molecular weight excluding hydrogens is 387 g/mol. The Morgan fingerprint density at radius 3 is 2.43 bits per heavy atom. The van der Waals surface area contributed by atoms with Crippen LogP contribution in [0.4, 0.5) is 13.2 Å². The molecule has 3 rings (SSSR count). The highest BCUT2D eigenvalue weighted by atomic mass is 32.1. The van der Waals surface area contributed by atoms with E-state index in [2.05, 4.69) is 5.10 Å². The highest BCUT2D eigenvalue weighted by Gasteiger charge is 2.33. The molecule has 1 heterocycles. The monoisotopic (exact) mass is 409 g/mol. The number of hydrogen-bond donors (Lipinski definition) is 0. The van der Waals surface area contributed by atoms with E-state index in [1.807, 2.05) is 24.5 Å². The number of benzene rings is 1. The molecule has 1 aliphatic carbocycles. The third-order valence-corrected chi connectivity index (χ3v) is 4.96. The van der Waals surface area contributed by atoms with Crippen LogP contribution in [0, 0.1) is 16.1 Å². The molecule has 0 spiro atoms. The topological polar surface area (TPSA) is 49.8 Å². The van der Waals surface area contributed by atoms with Gasteiger partial charge < -0.3 is 4.57 Å². The average Bonchev–Trinajstić information content (AvgIpc) is 3.39. The molecule has 0 radical (unpaired) electrons. The van der Waals surface area contributed by atoms with Gasteiger partial charge in [0.15, 0.2) is 4.77 Å². The second kappa shape index (κ2) is 8.05. The third-order valence-electron chi connectivity index (χ3n) is 4.55. The second-order valence-electron chi connectivity index (χ2n) is 7.45. The highest BCUT2D eigenvalue weighted by molar-refractivity contribution is 7.71. The molecule has 9 heteroatoms. The maximum atomic E-state index is 13.1. The molecule has 0 atom stereocenters. The summed E-state index contributed by atoms with van der Waals surface area (Å²) >= 11 is 5.52. The van der Waals surface area contributed by atoms with E-state index < -0.39 is 12.7 Å². The van der Waals surface area contributed by atoms with E-state index in [-0.39, 0.29) is 19.1 Å². The van der Waals surface area contributed by atoms with Gasteiger partial charge in [-0.15, -0.1) is 0 Å². The summed E-state index contributed by atoms with van der Waals surface area (Å²) in [4.78, 5) is 1.27. The van der Waals surface area contributed by atoms with E-state index in [1.54, 1.807) is 24.3 Å². The molecule has 1 aromatic heterocycles. The van der Waals surface area contributed by atoms with Crippen molar-refractivity contribution in [2.24, 2.45) is 0 Å². The zero-order valence-corrected chi connectivity index (χ0v) is 16.6. The molecule has 0 aliphatic heterocycles. The standard InChI is InChI=1S/C19H22F3N5S/c1-13(2)17-24-26(18(28)27(17)16-7-8-16)12-25(11-19(20,21)22)10-15-5-3-14(9-23)4-6-15/h3-6,13,16H,7-8,10-12H2,1-2H3. The van der Waals surface area contributed by atoms with E-state index in [1.165, 1.54) is 9.58 Å². The van der Waals surface area contributed by atoms with Crippen LogP contribution in [0.2, 0.25) is 0 Å². The smallest absolute Gasteiger partial charge is 0.301 e. The van der Waals surface area contributed by atoms with Crippen LogP contribution in [0.25, 0.3) is 0 Å². The Hall–Kier alpha value is -2.18. The summed E-state index contributed by atoms with van der Waals surface area (Å²) in [5.41, 5.74) is 1.17. The van der Waals surface area contributed by atoms with E-state index in [9.17, 15) is 13.2 Å². The summed E-state index contributed by atoms with van der Waals surface area (Å²) in [6.45, 7) is 2.98. The van der Waals surface area contributed by atoms with Gasteiger partial charge in [0, 0.05) is 18.5 Å². The second-order valence-corrected chi connectivity index (χ2v) is 7.81. The molecule has 2 aromatic rings. The minimum Gasteiger partial charge on any atom is -0.301 e. The summed E-state index contributed by atoms with van der Waals surface area (Å²) in [7, 11) is 0. The van der Waals surface area contributed by atoms with Gasteiger partial charge in [0.1, 0.15) is 5.82 Å². The Kier molecular flexibility index (Phi) is 5.91. The number of aromatic nitrogens is 3. The summed E-state index contributed by atoms with van der Waals surface area (Å²) in [5.74, 6) is 0.955. The van der Waals surface area contributed by atoms with Crippen molar-refractivity contribution in [1.29, 1.82) is 5.26 Å². The van der Waals surface area contributed by atoms with E-state index >= 15 is 0 Å². The first-order valence-corrected chi connectivity index (χ1v) is 9.56. The Labute approximate surface area is 167 Å². The minimum atomic E-state index is -4.34. The Balaban J connectivity index is 1.86. The van der Waals surface area contributed by atoms with Gasteiger partial charge in [-0.3, -0.25) is 4.90 Å². The first kappa shape index (κ1) is 20.6. The lowest BCUT2D eigenvalue weighted by molar-refractivity contribution is -0.151. The van der Waals surface area contributed by atoms with E-state index in [4.69, 9.17) is 17.5 Å². The van der Waals surface area contributed by atoms with Crippen molar-refractivity contribution < 1.29 is 13.2 Å². The van der Waals surface area contributed by atoms with Crippen LogP contribution < -0.4 is 0 Å². The number of alkyl halides is 3. The predicted molar refractivity (Wildman–Crippen MR) is 101 cm³/mol. The first-order valence-electron chi connectivity index (χ1n) is 9.15. The normalized spacial score (nSPS) is 14.6. The molecule has 28 heavy (non-hydrogen) atoms. The maximum absolute atomic E-state index is 13.1. The molecule has 0 bridgehead atoms. The number of nitriles is 1. The van der Waals surface area contributed by atoms with Gasteiger partial charge in [-0.25, -0.2) is 4.68 Å². The zero-order chi connectivity index (χ0) is 20.5. The van der Waals surface area contributed by atoms with Crippen molar-refractivity contribution in [3.05, 3.63) is 46.0 Å². The van der Waals surface area contributed by atoms with Crippen LogP contribution in [-0.2, 0) is 13.2 Å². The van der Waals surface area contributed by atoms with Gasteiger partial charge in [0.05, 0.1) is 24.8 Å². The van der Waals surface area contributed by atoms with E-state index in [0.717, 1.165) is 18.7 Å². The zero-order valence-electron chi connectivity index (χ0n) is 15.8. The van der Waals surface area contributed by atoms with Crippen molar-refractivity contribution in [3.8, 4) is 6.07 Å². The number of hydrogen-bond acceptors (Lipinski definition) is 4. The molecule has 0 N–H and O–H groups in total.